The zero-order chi connectivity index (χ0) is 18.8. The van der Waals surface area contributed by atoms with Crippen molar-refractivity contribution < 1.29 is 0 Å². The lowest BCUT2D eigenvalue weighted by molar-refractivity contribution is 0.460. The van der Waals surface area contributed by atoms with Crippen LogP contribution in [0.2, 0.25) is 0 Å². The highest BCUT2D eigenvalue weighted by molar-refractivity contribution is 9.10. The number of fused-ring (bicyclic) bond motifs is 5. The maximum atomic E-state index is 12.8. The van der Waals surface area contributed by atoms with E-state index in [9.17, 15) is 4.79 Å². The van der Waals surface area contributed by atoms with Crippen LogP contribution >= 0.6 is 15.9 Å². The summed E-state index contributed by atoms with van der Waals surface area (Å²) < 4.78 is 2.97. The second-order valence-electron chi connectivity index (χ2n) is 8.14. The number of piperidine rings is 1. The van der Waals surface area contributed by atoms with Gasteiger partial charge in [-0.15, -0.1) is 0 Å². The van der Waals surface area contributed by atoms with Crippen LogP contribution in [0.3, 0.4) is 0 Å². The largest absolute Gasteiger partial charge is 0.317 e. The molecule has 27 heavy (non-hydrogen) atoms. The highest BCUT2D eigenvalue weighted by Gasteiger charge is 2.39. The predicted octanol–water partition coefficient (Wildman–Crippen LogP) is 4.25. The van der Waals surface area contributed by atoms with E-state index in [1.165, 1.54) is 24.0 Å². The van der Waals surface area contributed by atoms with Gasteiger partial charge in [0.2, 0.25) is 0 Å². The number of benzene rings is 2. The quantitative estimate of drug-likeness (QED) is 0.635. The molecule has 1 N–H and O–H groups in total. The summed E-state index contributed by atoms with van der Waals surface area (Å²) in [5.41, 5.74) is 4.27. The predicted molar refractivity (Wildman–Crippen MR) is 112 cm³/mol. The minimum Gasteiger partial charge on any atom is -0.317 e. The monoisotopic (exact) mass is 423 g/mol. The van der Waals surface area contributed by atoms with E-state index < -0.39 is 0 Å². The maximum absolute atomic E-state index is 12.8. The van der Waals surface area contributed by atoms with Crippen LogP contribution in [0, 0.1) is 0 Å². The molecule has 0 spiro atoms. The first-order chi connectivity index (χ1) is 13.0. The van der Waals surface area contributed by atoms with Gasteiger partial charge in [0.25, 0.3) is 5.56 Å². The van der Waals surface area contributed by atoms with E-state index >= 15 is 0 Å². The molecule has 5 rings (SSSR count). The van der Waals surface area contributed by atoms with E-state index in [-0.39, 0.29) is 11.0 Å². The van der Waals surface area contributed by atoms with Crippen LogP contribution in [-0.2, 0) is 5.41 Å². The zero-order valence-electron chi connectivity index (χ0n) is 15.6. The topological polar surface area (TPSA) is 46.9 Å². The summed E-state index contributed by atoms with van der Waals surface area (Å²) in [6, 6.07) is 12.7. The van der Waals surface area contributed by atoms with Gasteiger partial charge in [0.05, 0.1) is 22.0 Å². The molecule has 0 radical (unpaired) electrons. The van der Waals surface area contributed by atoms with E-state index in [1.807, 2.05) is 18.2 Å². The third-order valence-corrected chi connectivity index (χ3v) is 6.83. The highest BCUT2D eigenvalue weighted by atomic mass is 79.9. The fourth-order valence-corrected chi connectivity index (χ4v) is 5.19. The Morgan fingerprint density at radius 1 is 1.19 bits per heavy atom. The van der Waals surface area contributed by atoms with Crippen molar-refractivity contribution in [2.45, 2.75) is 38.0 Å². The minimum atomic E-state index is -0.298. The van der Waals surface area contributed by atoms with Gasteiger partial charge in [-0.25, -0.2) is 0 Å². The molecule has 2 aromatic carbocycles. The Balaban J connectivity index is 1.77. The van der Waals surface area contributed by atoms with Gasteiger partial charge < -0.3 is 5.32 Å². The van der Waals surface area contributed by atoms with Crippen molar-refractivity contribution in [1.29, 1.82) is 0 Å². The summed E-state index contributed by atoms with van der Waals surface area (Å²) in [6.45, 7) is 6.51. The van der Waals surface area contributed by atoms with Gasteiger partial charge in [0, 0.05) is 4.47 Å². The van der Waals surface area contributed by atoms with Gasteiger partial charge >= 0.3 is 0 Å². The standard InChI is InChI=1S/C22H22BrN3O/c1-22(2)15-12-14(13-8-10-24-11-9-13)6-7-17(15)26-18-5-3-4-16(23)19(18)20(27)25-21(22)26/h3-7,12-13,24H,8-11H2,1-2H3. The number of nitrogens with zero attached hydrogens (tertiary/aromatic N) is 2. The first-order valence-corrected chi connectivity index (χ1v) is 10.3. The van der Waals surface area contributed by atoms with Gasteiger partial charge in [-0.3, -0.25) is 9.36 Å². The summed E-state index contributed by atoms with van der Waals surface area (Å²) in [6.07, 6.45) is 2.36. The molecule has 2 aliphatic heterocycles. The Bertz CT molecular complexity index is 1130. The van der Waals surface area contributed by atoms with Crippen LogP contribution in [-0.4, -0.2) is 22.6 Å². The smallest absolute Gasteiger partial charge is 0.281 e. The van der Waals surface area contributed by atoms with Gasteiger partial charge in [-0.05, 0) is 91.0 Å². The second kappa shape index (κ2) is 6.01. The molecule has 0 amide bonds. The fourth-order valence-electron chi connectivity index (χ4n) is 4.67. The van der Waals surface area contributed by atoms with Crippen LogP contribution in [0.15, 0.2) is 45.7 Å². The minimum absolute atomic E-state index is 0.164. The van der Waals surface area contributed by atoms with Crippen LogP contribution in [0.4, 0.5) is 0 Å². The van der Waals surface area contributed by atoms with Gasteiger partial charge in [-0.2, -0.15) is 4.98 Å². The van der Waals surface area contributed by atoms with Crippen molar-refractivity contribution in [1.82, 2.24) is 14.9 Å². The number of hydrogen-bond acceptors (Lipinski definition) is 3. The second-order valence-corrected chi connectivity index (χ2v) is 8.99. The van der Waals surface area contributed by atoms with Gasteiger partial charge in [-0.1, -0.05) is 18.2 Å². The molecule has 0 unspecified atom stereocenters. The number of halogens is 1. The fraction of sp³-hybridized carbons (Fsp3) is 0.364. The van der Waals surface area contributed by atoms with Crippen LogP contribution in [0.25, 0.3) is 16.6 Å². The van der Waals surface area contributed by atoms with Crippen LogP contribution < -0.4 is 10.9 Å². The number of aromatic nitrogens is 2. The maximum Gasteiger partial charge on any atom is 0.281 e. The lowest BCUT2D eigenvalue weighted by Gasteiger charge is -2.25. The molecule has 1 aromatic heterocycles. The Morgan fingerprint density at radius 3 is 2.74 bits per heavy atom. The Kier molecular flexibility index (Phi) is 3.82. The summed E-state index contributed by atoms with van der Waals surface area (Å²) in [5.74, 6) is 1.44. The van der Waals surface area contributed by atoms with Crippen molar-refractivity contribution in [3.63, 3.8) is 0 Å². The molecular formula is C22H22BrN3O. The molecule has 1 saturated heterocycles. The van der Waals surface area contributed by atoms with Gasteiger partial charge in [0.15, 0.2) is 0 Å². The summed E-state index contributed by atoms with van der Waals surface area (Å²) >= 11 is 3.53. The molecule has 4 nitrogen and oxygen atoms in total. The molecule has 0 atom stereocenters. The average Bonchev–Trinajstić information content (AvgIpc) is 2.90. The van der Waals surface area contributed by atoms with Crippen molar-refractivity contribution in [3.8, 4) is 5.69 Å². The summed E-state index contributed by atoms with van der Waals surface area (Å²) in [4.78, 5) is 17.3. The van der Waals surface area contributed by atoms with E-state index in [4.69, 9.17) is 0 Å². The zero-order valence-corrected chi connectivity index (χ0v) is 17.1. The third kappa shape index (κ3) is 2.44. The molecular weight excluding hydrogens is 402 g/mol. The first-order valence-electron chi connectivity index (χ1n) is 9.56. The highest BCUT2D eigenvalue weighted by Crippen LogP contribution is 2.44. The van der Waals surface area contributed by atoms with Gasteiger partial charge in [0.1, 0.15) is 5.82 Å². The number of rotatable bonds is 1. The number of nitrogens with one attached hydrogen (secondary N) is 1. The van der Waals surface area contributed by atoms with Crippen LogP contribution in [0.5, 0.6) is 0 Å². The molecule has 3 heterocycles. The molecule has 0 bridgehead atoms. The van der Waals surface area contributed by atoms with Crippen LogP contribution in [0.1, 0.15) is 49.6 Å². The number of hydrogen-bond donors (Lipinski definition) is 1. The average molecular weight is 424 g/mol. The lowest BCUT2D eigenvalue weighted by atomic mass is 9.82. The van der Waals surface area contributed by atoms with Crippen molar-refractivity contribution in [3.05, 3.63) is 68.2 Å². The molecule has 2 aliphatic rings. The SMILES string of the molecule is CC1(C)c2cc(C3CCNCC3)ccc2-n2c1nc(=O)c1c(Br)cccc12. The lowest BCUT2D eigenvalue weighted by Crippen LogP contribution is -2.27. The molecule has 3 aromatic rings. The molecule has 138 valence electrons. The normalized spacial score (nSPS) is 18.5. The molecule has 5 heteroatoms. The van der Waals surface area contributed by atoms with E-state index in [2.05, 4.69) is 62.8 Å². The summed E-state index contributed by atoms with van der Waals surface area (Å²) in [7, 11) is 0. The molecule has 0 aliphatic carbocycles. The Labute approximate surface area is 166 Å². The van der Waals surface area contributed by atoms with E-state index in [0.717, 1.165) is 34.6 Å². The van der Waals surface area contributed by atoms with Crippen molar-refractivity contribution in [2.75, 3.05) is 13.1 Å². The van der Waals surface area contributed by atoms with E-state index in [1.54, 1.807) is 0 Å². The summed E-state index contributed by atoms with van der Waals surface area (Å²) in [5, 5.41) is 4.09. The molecule has 0 saturated carbocycles. The molecule has 1 fully saturated rings. The van der Waals surface area contributed by atoms with Crippen molar-refractivity contribution in [2.24, 2.45) is 0 Å². The Hall–Kier alpha value is -1.98. The first kappa shape index (κ1) is 17.1. The van der Waals surface area contributed by atoms with E-state index in [0.29, 0.717) is 11.3 Å². The third-order valence-electron chi connectivity index (χ3n) is 6.17. The Morgan fingerprint density at radius 2 is 1.96 bits per heavy atom. The van der Waals surface area contributed by atoms with Crippen molar-refractivity contribution >= 4 is 26.8 Å².